The van der Waals surface area contributed by atoms with Crippen LogP contribution in [0.3, 0.4) is 0 Å². The van der Waals surface area contributed by atoms with Crippen LogP contribution in [0.5, 0.6) is 0 Å². The van der Waals surface area contributed by atoms with Crippen LogP contribution in [-0.4, -0.2) is 59.5 Å². The summed E-state index contributed by atoms with van der Waals surface area (Å²) in [5.74, 6) is 1.10. The number of carbonyl (C=O) groups excluding carboxylic acids is 2. The van der Waals surface area contributed by atoms with Gasteiger partial charge >= 0.3 is 0 Å². The first-order valence-electron chi connectivity index (χ1n) is 9.39. The van der Waals surface area contributed by atoms with Crippen LogP contribution >= 0.6 is 0 Å². The number of hydrogen-bond acceptors (Lipinski definition) is 5. The zero-order chi connectivity index (χ0) is 19.2. The standard InChI is InChI=1S/C20H26N4O3/c1-3-16-4-6-17(7-5-16)20(26)24-12-10-23(11-13-24)9-8-19(25)21-18-14-15(2)27-22-18/h4-7,14H,3,8-13H2,1-2H3,(H,21,22,25). The van der Waals surface area contributed by atoms with E-state index in [4.69, 9.17) is 4.52 Å². The molecule has 7 heteroatoms. The zero-order valence-electron chi connectivity index (χ0n) is 15.9. The van der Waals surface area contributed by atoms with E-state index in [-0.39, 0.29) is 11.8 Å². The van der Waals surface area contributed by atoms with Crippen molar-refractivity contribution in [3.05, 3.63) is 47.2 Å². The van der Waals surface area contributed by atoms with Gasteiger partial charge in [-0.2, -0.15) is 0 Å². The van der Waals surface area contributed by atoms with E-state index in [0.29, 0.717) is 37.6 Å². The number of anilines is 1. The summed E-state index contributed by atoms with van der Waals surface area (Å²) in [6.45, 7) is 7.45. The molecule has 144 valence electrons. The number of benzene rings is 1. The van der Waals surface area contributed by atoms with E-state index in [2.05, 4.69) is 22.3 Å². The van der Waals surface area contributed by atoms with E-state index >= 15 is 0 Å². The molecule has 1 aliphatic rings. The van der Waals surface area contributed by atoms with Crippen LogP contribution in [-0.2, 0) is 11.2 Å². The van der Waals surface area contributed by atoms with Gasteiger partial charge in [0.25, 0.3) is 5.91 Å². The molecule has 0 aliphatic carbocycles. The Labute approximate surface area is 159 Å². The summed E-state index contributed by atoms with van der Waals surface area (Å²) in [4.78, 5) is 28.7. The molecule has 2 amide bonds. The third-order valence-electron chi connectivity index (χ3n) is 4.82. The van der Waals surface area contributed by atoms with Crippen molar-refractivity contribution >= 4 is 17.6 Å². The maximum Gasteiger partial charge on any atom is 0.253 e. The van der Waals surface area contributed by atoms with E-state index in [0.717, 1.165) is 25.1 Å². The second-order valence-electron chi connectivity index (χ2n) is 6.81. The topological polar surface area (TPSA) is 78.7 Å². The van der Waals surface area contributed by atoms with Gasteiger partial charge in [0.2, 0.25) is 5.91 Å². The predicted molar refractivity (Wildman–Crippen MR) is 103 cm³/mol. The van der Waals surface area contributed by atoms with E-state index in [1.54, 1.807) is 13.0 Å². The molecule has 0 radical (unpaired) electrons. The van der Waals surface area contributed by atoms with Crippen molar-refractivity contribution in [2.24, 2.45) is 0 Å². The van der Waals surface area contributed by atoms with Gasteiger partial charge in [-0.15, -0.1) is 0 Å². The van der Waals surface area contributed by atoms with E-state index in [1.807, 2.05) is 29.2 Å². The van der Waals surface area contributed by atoms with Crippen LogP contribution in [0.1, 0.15) is 35.0 Å². The fourth-order valence-electron chi connectivity index (χ4n) is 3.13. The fourth-order valence-corrected chi connectivity index (χ4v) is 3.13. The quantitative estimate of drug-likeness (QED) is 0.844. The fraction of sp³-hybridized carbons (Fsp3) is 0.450. The van der Waals surface area contributed by atoms with Crippen molar-refractivity contribution in [3.63, 3.8) is 0 Å². The van der Waals surface area contributed by atoms with Gasteiger partial charge in [0.05, 0.1) is 0 Å². The molecule has 7 nitrogen and oxygen atoms in total. The first-order valence-corrected chi connectivity index (χ1v) is 9.39. The maximum atomic E-state index is 12.6. The zero-order valence-corrected chi connectivity index (χ0v) is 15.9. The molecule has 1 aliphatic heterocycles. The van der Waals surface area contributed by atoms with Gasteiger partial charge in [-0.25, -0.2) is 0 Å². The number of carbonyl (C=O) groups is 2. The Balaban J connectivity index is 1.41. The average molecular weight is 370 g/mol. The number of piperazine rings is 1. The van der Waals surface area contributed by atoms with Crippen LogP contribution in [0.25, 0.3) is 0 Å². The lowest BCUT2D eigenvalue weighted by Gasteiger charge is -2.34. The second-order valence-corrected chi connectivity index (χ2v) is 6.81. The second kappa shape index (κ2) is 8.81. The van der Waals surface area contributed by atoms with E-state index < -0.39 is 0 Å². The molecule has 3 rings (SSSR count). The minimum atomic E-state index is -0.0854. The third-order valence-corrected chi connectivity index (χ3v) is 4.82. The summed E-state index contributed by atoms with van der Waals surface area (Å²) in [5.41, 5.74) is 1.97. The number of amides is 2. The summed E-state index contributed by atoms with van der Waals surface area (Å²) in [7, 11) is 0. The number of aromatic nitrogens is 1. The Hall–Kier alpha value is -2.67. The SMILES string of the molecule is CCc1ccc(C(=O)N2CCN(CCC(=O)Nc3cc(C)on3)CC2)cc1. The van der Waals surface area contributed by atoms with Gasteiger partial charge < -0.3 is 14.7 Å². The largest absolute Gasteiger partial charge is 0.360 e. The van der Waals surface area contributed by atoms with Crippen LogP contribution in [0, 0.1) is 6.92 Å². The number of hydrogen-bond donors (Lipinski definition) is 1. The molecule has 2 heterocycles. The van der Waals surface area contributed by atoms with Crippen molar-refractivity contribution in [3.8, 4) is 0 Å². The van der Waals surface area contributed by atoms with Gasteiger partial charge in [-0.1, -0.05) is 24.2 Å². The monoisotopic (exact) mass is 370 g/mol. The van der Waals surface area contributed by atoms with Crippen LogP contribution < -0.4 is 5.32 Å². The van der Waals surface area contributed by atoms with Gasteiger partial charge in [-0.05, 0) is 31.0 Å². The number of aryl methyl sites for hydroxylation is 2. The molecule has 0 unspecified atom stereocenters. The smallest absolute Gasteiger partial charge is 0.253 e. The van der Waals surface area contributed by atoms with Gasteiger partial charge in [0, 0.05) is 50.8 Å². The van der Waals surface area contributed by atoms with Crippen molar-refractivity contribution in [2.75, 3.05) is 38.0 Å². The summed E-state index contributed by atoms with van der Waals surface area (Å²) in [6.07, 6.45) is 1.36. The summed E-state index contributed by atoms with van der Waals surface area (Å²) in [5, 5.41) is 6.48. The number of nitrogens with zero attached hydrogens (tertiary/aromatic N) is 3. The normalized spacial score (nSPS) is 15.0. The molecule has 1 aromatic heterocycles. The lowest BCUT2D eigenvalue weighted by atomic mass is 10.1. The third kappa shape index (κ3) is 5.17. The Bertz CT molecular complexity index is 777. The van der Waals surface area contributed by atoms with Gasteiger partial charge in [0.1, 0.15) is 5.76 Å². The molecule has 0 atom stereocenters. The number of rotatable bonds is 6. The highest BCUT2D eigenvalue weighted by molar-refractivity contribution is 5.94. The molecule has 2 aromatic rings. The minimum absolute atomic E-state index is 0.0800. The first kappa shape index (κ1) is 19.1. The minimum Gasteiger partial charge on any atom is -0.360 e. The summed E-state index contributed by atoms with van der Waals surface area (Å²) < 4.78 is 4.93. The highest BCUT2D eigenvalue weighted by atomic mass is 16.5. The molecular formula is C20H26N4O3. The lowest BCUT2D eigenvalue weighted by Crippen LogP contribution is -2.49. The highest BCUT2D eigenvalue weighted by Crippen LogP contribution is 2.12. The van der Waals surface area contributed by atoms with Crippen molar-refractivity contribution < 1.29 is 14.1 Å². The van der Waals surface area contributed by atoms with E-state index in [9.17, 15) is 9.59 Å². The van der Waals surface area contributed by atoms with Crippen LogP contribution in [0.15, 0.2) is 34.9 Å². The van der Waals surface area contributed by atoms with E-state index in [1.165, 1.54) is 5.56 Å². The molecule has 27 heavy (non-hydrogen) atoms. The van der Waals surface area contributed by atoms with Crippen LogP contribution in [0.2, 0.25) is 0 Å². The summed E-state index contributed by atoms with van der Waals surface area (Å²) in [6, 6.07) is 9.53. The predicted octanol–water partition coefficient (Wildman–Crippen LogP) is 2.33. The Morgan fingerprint density at radius 3 is 2.44 bits per heavy atom. The average Bonchev–Trinajstić information content (AvgIpc) is 3.11. The molecule has 1 saturated heterocycles. The molecule has 1 aromatic carbocycles. The molecular weight excluding hydrogens is 344 g/mol. The van der Waals surface area contributed by atoms with Crippen LogP contribution in [0.4, 0.5) is 5.82 Å². The molecule has 1 N–H and O–H groups in total. The molecule has 0 spiro atoms. The lowest BCUT2D eigenvalue weighted by molar-refractivity contribution is -0.116. The Kier molecular flexibility index (Phi) is 6.24. The Morgan fingerprint density at radius 2 is 1.85 bits per heavy atom. The van der Waals surface area contributed by atoms with Gasteiger partial charge in [-0.3, -0.25) is 14.5 Å². The van der Waals surface area contributed by atoms with Crippen molar-refractivity contribution in [1.29, 1.82) is 0 Å². The molecule has 0 saturated carbocycles. The van der Waals surface area contributed by atoms with Crippen molar-refractivity contribution in [2.45, 2.75) is 26.7 Å². The van der Waals surface area contributed by atoms with Gasteiger partial charge in [0.15, 0.2) is 5.82 Å². The Morgan fingerprint density at radius 1 is 1.15 bits per heavy atom. The molecule has 1 fully saturated rings. The van der Waals surface area contributed by atoms with Crippen molar-refractivity contribution in [1.82, 2.24) is 15.0 Å². The summed E-state index contributed by atoms with van der Waals surface area (Å²) >= 11 is 0. The molecule has 0 bridgehead atoms. The first-order chi connectivity index (χ1) is 13.0. The highest BCUT2D eigenvalue weighted by Gasteiger charge is 2.22. The maximum absolute atomic E-state index is 12.6. The number of nitrogens with one attached hydrogen (secondary N) is 1.